The van der Waals surface area contributed by atoms with Crippen molar-refractivity contribution in [1.82, 2.24) is 0 Å². The van der Waals surface area contributed by atoms with Crippen LogP contribution in [0.4, 0.5) is 0 Å². The van der Waals surface area contributed by atoms with Crippen LogP contribution < -0.4 is 0 Å². The van der Waals surface area contributed by atoms with Crippen molar-refractivity contribution >= 4 is 19.6 Å². The Morgan fingerprint density at radius 1 is 0.974 bits per heavy atom. The summed E-state index contributed by atoms with van der Waals surface area (Å²) < 4.78 is 27.8. The molecule has 5 aliphatic rings. The van der Waals surface area contributed by atoms with Crippen molar-refractivity contribution in [2.75, 3.05) is 14.2 Å². The first-order chi connectivity index (χ1) is 18.0. The van der Waals surface area contributed by atoms with Crippen LogP contribution in [0, 0.1) is 33.0 Å². The maximum Gasteiger partial charge on any atom is 0.531 e. The molecular weight excluding hydrogens is 515 g/mol. The Balaban J connectivity index is 1.55. The highest BCUT2D eigenvalue weighted by Gasteiger charge is 2.67. The highest BCUT2D eigenvalue weighted by molar-refractivity contribution is 7.49. The molecule has 0 aromatic heterocycles. The maximum atomic E-state index is 13.5. The number of allylic oxidation sites excluding steroid dienone is 7. The second-order valence-corrected chi connectivity index (χ2v) is 15.6. The molecule has 5 aliphatic carbocycles. The van der Waals surface area contributed by atoms with Gasteiger partial charge < -0.3 is 9.63 Å². The van der Waals surface area contributed by atoms with Gasteiger partial charge in [-0.15, -0.1) is 0 Å². The van der Waals surface area contributed by atoms with Crippen LogP contribution in [-0.4, -0.2) is 31.1 Å². The standard InChI is InChI=1S/C31H43O7P/c1-19-20-9-10-23-29(4,21(20)17-22(32)25(19)33)14-16-31(6)24-18-28(3,26(34)38-39(35,36-7)37-8)12-11-27(24,2)13-15-30(23,31)5/h9-10,17,24,33H,11-16,18H2,1-8H3/t24-,27-,28-,29+,30-,31+/m1/s1. The monoisotopic (exact) mass is 558 g/mol. The van der Waals surface area contributed by atoms with Gasteiger partial charge in [0.05, 0.1) is 5.41 Å². The lowest BCUT2D eigenvalue weighted by molar-refractivity contribution is -0.177. The third kappa shape index (κ3) is 3.79. The Morgan fingerprint density at radius 3 is 2.26 bits per heavy atom. The molecule has 0 aromatic carbocycles. The van der Waals surface area contributed by atoms with Crippen LogP contribution in [0.5, 0.6) is 0 Å². The van der Waals surface area contributed by atoms with E-state index in [-0.39, 0.29) is 39.1 Å². The van der Waals surface area contributed by atoms with E-state index >= 15 is 0 Å². The molecule has 5 rings (SSSR count). The summed E-state index contributed by atoms with van der Waals surface area (Å²) >= 11 is 0. The fourth-order valence-corrected chi connectivity index (χ4v) is 9.72. The van der Waals surface area contributed by atoms with E-state index in [9.17, 15) is 19.3 Å². The lowest BCUT2D eigenvalue weighted by atomic mass is 9.34. The second kappa shape index (κ2) is 8.77. The first-order valence-electron chi connectivity index (χ1n) is 14.1. The minimum absolute atomic E-state index is 0.0788. The van der Waals surface area contributed by atoms with E-state index in [4.69, 9.17) is 13.6 Å². The summed E-state index contributed by atoms with van der Waals surface area (Å²) in [4.78, 5) is 26.2. The number of fused-ring (bicyclic) bond motifs is 7. The summed E-state index contributed by atoms with van der Waals surface area (Å²) in [5, 5.41) is 10.4. The highest BCUT2D eigenvalue weighted by atomic mass is 31.2. The average molecular weight is 559 g/mol. The SMILES string of the molecule is COP(=O)(OC)OC(=O)[C@]1(C)CC[C@]2(C)CC[C@]3(C)C4=CC=C5C(=CC(=O)C(O)=C5C)[C@]4(C)CC[C@@]3(C)[C@@H]2C1. The van der Waals surface area contributed by atoms with Crippen molar-refractivity contribution in [2.45, 2.75) is 86.5 Å². The molecule has 0 aromatic rings. The Kier molecular flexibility index (Phi) is 6.43. The van der Waals surface area contributed by atoms with Crippen molar-refractivity contribution in [3.63, 3.8) is 0 Å². The van der Waals surface area contributed by atoms with E-state index in [0.29, 0.717) is 18.4 Å². The van der Waals surface area contributed by atoms with Crippen LogP contribution >= 0.6 is 7.82 Å². The Morgan fingerprint density at radius 2 is 1.62 bits per heavy atom. The molecule has 0 bridgehead atoms. The van der Waals surface area contributed by atoms with Gasteiger partial charge in [-0.1, -0.05) is 45.4 Å². The lowest BCUT2D eigenvalue weighted by Gasteiger charge is -2.70. The Bertz CT molecular complexity index is 1310. The largest absolute Gasteiger partial charge is 0.531 e. The van der Waals surface area contributed by atoms with Gasteiger partial charge in [-0.25, -0.2) is 4.57 Å². The van der Waals surface area contributed by atoms with E-state index in [1.807, 2.05) is 13.8 Å². The third-order valence-electron chi connectivity index (χ3n) is 12.0. The first kappa shape index (κ1) is 28.6. The summed E-state index contributed by atoms with van der Waals surface area (Å²) in [6.07, 6.45) is 12.1. The van der Waals surface area contributed by atoms with E-state index in [1.165, 1.54) is 19.8 Å². The van der Waals surface area contributed by atoms with Crippen molar-refractivity contribution < 1.29 is 32.8 Å². The molecule has 6 atom stereocenters. The summed E-state index contributed by atoms with van der Waals surface area (Å²) in [6.45, 7) is 13.2. The number of hydrogen-bond donors (Lipinski definition) is 1. The molecular formula is C31H43O7P. The molecule has 0 heterocycles. The van der Waals surface area contributed by atoms with Gasteiger partial charge in [0, 0.05) is 25.2 Å². The van der Waals surface area contributed by atoms with Gasteiger partial charge in [0.15, 0.2) is 5.76 Å². The molecule has 0 amide bonds. The summed E-state index contributed by atoms with van der Waals surface area (Å²) in [6, 6.07) is 0. The summed E-state index contributed by atoms with van der Waals surface area (Å²) in [7, 11) is -1.50. The predicted molar refractivity (Wildman–Crippen MR) is 149 cm³/mol. The van der Waals surface area contributed by atoms with Gasteiger partial charge in [-0.2, -0.15) is 0 Å². The topological polar surface area (TPSA) is 99.1 Å². The number of aliphatic hydroxyl groups is 1. The fourth-order valence-electron chi connectivity index (χ4n) is 9.00. The quantitative estimate of drug-likeness (QED) is 0.356. The number of carbonyl (C=O) groups is 2. The van der Waals surface area contributed by atoms with E-state index in [1.54, 1.807) is 6.08 Å². The molecule has 0 radical (unpaired) electrons. The van der Waals surface area contributed by atoms with Crippen LogP contribution in [0.15, 0.2) is 46.3 Å². The fraction of sp³-hybridized carbons (Fsp3) is 0.677. The van der Waals surface area contributed by atoms with Crippen molar-refractivity contribution in [3.05, 3.63) is 46.3 Å². The molecule has 0 spiro atoms. The van der Waals surface area contributed by atoms with Gasteiger partial charge in [0.1, 0.15) is 0 Å². The summed E-state index contributed by atoms with van der Waals surface area (Å²) in [5.41, 5.74) is 2.70. The van der Waals surface area contributed by atoms with Crippen LogP contribution in [0.3, 0.4) is 0 Å². The normalized spacial score (nSPS) is 41.8. The first-order valence-corrected chi connectivity index (χ1v) is 15.5. The second-order valence-electron chi connectivity index (χ2n) is 13.8. The minimum Gasteiger partial charge on any atom is -0.504 e. The number of phosphoric acid groups is 1. The maximum absolute atomic E-state index is 13.5. The van der Waals surface area contributed by atoms with E-state index in [0.717, 1.165) is 43.3 Å². The van der Waals surface area contributed by atoms with Crippen LogP contribution in [0.25, 0.3) is 0 Å². The van der Waals surface area contributed by atoms with Crippen molar-refractivity contribution in [1.29, 1.82) is 0 Å². The molecule has 0 saturated heterocycles. The van der Waals surface area contributed by atoms with Gasteiger partial charge in [0.25, 0.3) is 0 Å². The van der Waals surface area contributed by atoms with Gasteiger partial charge in [0.2, 0.25) is 5.78 Å². The van der Waals surface area contributed by atoms with Gasteiger partial charge in [-0.05, 0) is 98.2 Å². The Labute approximate surface area is 232 Å². The van der Waals surface area contributed by atoms with E-state index in [2.05, 4.69) is 39.8 Å². The zero-order chi connectivity index (χ0) is 28.8. The van der Waals surface area contributed by atoms with E-state index < -0.39 is 19.2 Å². The molecule has 3 saturated carbocycles. The lowest BCUT2D eigenvalue weighted by Crippen LogP contribution is -2.62. The van der Waals surface area contributed by atoms with Gasteiger partial charge >= 0.3 is 13.8 Å². The molecule has 1 N–H and O–H groups in total. The third-order valence-corrected chi connectivity index (χ3v) is 13.3. The molecule has 7 nitrogen and oxygen atoms in total. The molecule has 39 heavy (non-hydrogen) atoms. The molecule has 0 unspecified atom stereocenters. The zero-order valence-electron chi connectivity index (χ0n) is 24.6. The summed E-state index contributed by atoms with van der Waals surface area (Å²) in [5.74, 6) is -0.762. The zero-order valence-corrected chi connectivity index (χ0v) is 25.5. The van der Waals surface area contributed by atoms with Gasteiger partial charge in [-0.3, -0.25) is 18.6 Å². The number of phosphoric ester groups is 1. The average Bonchev–Trinajstić information content (AvgIpc) is 2.90. The van der Waals surface area contributed by atoms with Crippen LogP contribution in [0.2, 0.25) is 0 Å². The number of rotatable bonds is 4. The highest BCUT2D eigenvalue weighted by Crippen LogP contribution is 2.75. The molecule has 214 valence electrons. The van der Waals surface area contributed by atoms with Crippen LogP contribution in [0.1, 0.15) is 86.5 Å². The Hall–Kier alpha value is -1.95. The van der Waals surface area contributed by atoms with Crippen LogP contribution in [-0.2, 0) is 27.7 Å². The number of carbonyl (C=O) groups excluding carboxylic acids is 2. The minimum atomic E-state index is -3.94. The number of ketones is 1. The number of aliphatic hydroxyl groups excluding tert-OH is 1. The van der Waals surface area contributed by atoms with Crippen molar-refractivity contribution in [2.24, 2.45) is 33.0 Å². The molecule has 8 heteroatoms. The smallest absolute Gasteiger partial charge is 0.504 e. The molecule has 0 aliphatic heterocycles. The predicted octanol–water partition coefficient (Wildman–Crippen LogP) is 7.56. The van der Waals surface area contributed by atoms with Crippen molar-refractivity contribution in [3.8, 4) is 0 Å². The molecule has 3 fully saturated rings. The number of hydrogen-bond acceptors (Lipinski definition) is 7.